The smallest absolute Gasteiger partial charge is 0.243 e. The van der Waals surface area contributed by atoms with Gasteiger partial charge < -0.3 is 9.47 Å². The molecule has 4 rings (SSSR count). The normalized spacial score (nSPS) is 16.2. The van der Waals surface area contributed by atoms with Gasteiger partial charge in [0.1, 0.15) is 0 Å². The van der Waals surface area contributed by atoms with Gasteiger partial charge in [-0.25, -0.2) is 8.42 Å². The van der Waals surface area contributed by atoms with Gasteiger partial charge in [-0.2, -0.15) is 4.31 Å². The van der Waals surface area contributed by atoms with Crippen LogP contribution in [0.1, 0.15) is 5.56 Å². The average Bonchev–Trinajstić information content (AvgIpc) is 3.16. The third kappa shape index (κ3) is 3.98. The minimum atomic E-state index is -3.57. The van der Waals surface area contributed by atoms with Crippen LogP contribution in [0.3, 0.4) is 0 Å². The molecule has 0 spiro atoms. The molecule has 0 bridgehead atoms. The Morgan fingerprint density at radius 1 is 0.966 bits per heavy atom. The summed E-state index contributed by atoms with van der Waals surface area (Å²) in [5, 5.41) is 3.50. The summed E-state index contributed by atoms with van der Waals surface area (Å²) in [5.41, 5.74) is 1.31. The van der Waals surface area contributed by atoms with Crippen molar-refractivity contribution in [2.24, 2.45) is 0 Å². The Bertz CT molecular complexity index is 1100. The molecule has 1 saturated heterocycles. The van der Waals surface area contributed by atoms with E-state index in [0.29, 0.717) is 37.7 Å². The van der Waals surface area contributed by atoms with Crippen LogP contribution >= 0.6 is 11.3 Å². The lowest BCUT2D eigenvalue weighted by Gasteiger charge is -2.34. The van der Waals surface area contributed by atoms with Crippen LogP contribution in [0.5, 0.6) is 11.5 Å². The van der Waals surface area contributed by atoms with E-state index in [-0.39, 0.29) is 4.90 Å². The number of piperazine rings is 1. The zero-order chi connectivity index (χ0) is 20.4. The van der Waals surface area contributed by atoms with E-state index in [1.807, 2.05) is 0 Å². The largest absolute Gasteiger partial charge is 0.493 e. The molecule has 1 aliphatic rings. The molecular weight excluding hydrogens is 408 g/mol. The zero-order valence-corrected chi connectivity index (χ0v) is 18.1. The van der Waals surface area contributed by atoms with Crippen LogP contribution in [-0.2, 0) is 16.6 Å². The fourth-order valence-corrected chi connectivity index (χ4v) is 6.04. The molecule has 8 heteroatoms. The number of sulfonamides is 1. The highest BCUT2D eigenvalue weighted by molar-refractivity contribution is 7.89. The van der Waals surface area contributed by atoms with E-state index < -0.39 is 10.0 Å². The van der Waals surface area contributed by atoms with Gasteiger partial charge in [-0.1, -0.05) is 18.2 Å². The fourth-order valence-electron chi connectivity index (χ4n) is 3.65. The van der Waals surface area contributed by atoms with E-state index in [9.17, 15) is 8.42 Å². The summed E-state index contributed by atoms with van der Waals surface area (Å²) in [4.78, 5) is 2.54. The first-order chi connectivity index (χ1) is 14.0. The van der Waals surface area contributed by atoms with Gasteiger partial charge in [0.2, 0.25) is 10.0 Å². The Kier molecular flexibility index (Phi) is 5.78. The van der Waals surface area contributed by atoms with Crippen molar-refractivity contribution in [3.8, 4) is 11.5 Å². The maximum atomic E-state index is 13.1. The highest BCUT2D eigenvalue weighted by atomic mass is 32.2. The average molecular weight is 433 g/mol. The number of rotatable bonds is 6. The molecule has 1 aromatic heterocycles. The van der Waals surface area contributed by atoms with Crippen LogP contribution in [0.25, 0.3) is 10.1 Å². The number of hydrogen-bond acceptors (Lipinski definition) is 6. The molecule has 1 fully saturated rings. The first kappa shape index (κ1) is 20.2. The minimum Gasteiger partial charge on any atom is -0.493 e. The SMILES string of the molecule is COc1ccc(S(=O)(=O)N2CCN(Cc3csc4ccccc34)CC2)cc1OC. The predicted molar refractivity (Wildman–Crippen MR) is 115 cm³/mol. The van der Waals surface area contributed by atoms with Crippen LogP contribution in [-0.4, -0.2) is 58.0 Å². The quantitative estimate of drug-likeness (QED) is 0.597. The number of benzene rings is 2. The number of fused-ring (bicyclic) bond motifs is 1. The first-order valence-corrected chi connectivity index (χ1v) is 11.7. The number of hydrogen-bond donors (Lipinski definition) is 0. The predicted octanol–water partition coefficient (Wildman–Crippen LogP) is 3.43. The van der Waals surface area contributed by atoms with Crippen molar-refractivity contribution in [1.29, 1.82) is 0 Å². The van der Waals surface area contributed by atoms with E-state index in [4.69, 9.17) is 9.47 Å². The molecule has 3 aromatic rings. The Morgan fingerprint density at radius 3 is 2.41 bits per heavy atom. The lowest BCUT2D eigenvalue weighted by molar-refractivity contribution is 0.182. The number of ether oxygens (including phenoxy) is 2. The number of nitrogens with zero attached hydrogens (tertiary/aromatic N) is 2. The van der Waals surface area contributed by atoms with E-state index >= 15 is 0 Å². The molecule has 0 unspecified atom stereocenters. The van der Waals surface area contributed by atoms with Gasteiger partial charge in [0, 0.05) is 43.5 Å². The maximum Gasteiger partial charge on any atom is 0.243 e. The summed E-state index contributed by atoms with van der Waals surface area (Å²) >= 11 is 1.76. The number of methoxy groups -OCH3 is 2. The second-order valence-corrected chi connectivity index (χ2v) is 9.80. The summed E-state index contributed by atoms with van der Waals surface area (Å²) in [6.45, 7) is 3.19. The van der Waals surface area contributed by atoms with Crippen LogP contribution in [0.4, 0.5) is 0 Å². The Labute approximate surface area is 175 Å². The van der Waals surface area contributed by atoms with Gasteiger partial charge in [0.25, 0.3) is 0 Å². The van der Waals surface area contributed by atoms with Crippen molar-refractivity contribution in [2.75, 3.05) is 40.4 Å². The van der Waals surface area contributed by atoms with E-state index in [1.165, 1.54) is 35.9 Å². The van der Waals surface area contributed by atoms with Crippen molar-refractivity contribution in [1.82, 2.24) is 9.21 Å². The van der Waals surface area contributed by atoms with E-state index in [2.05, 4.69) is 34.5 Å². The Morgan fingerprint density at radius 2 is 1.69 bits per heavy atom. The molecule has 0 atom stereocenters. The van der Waals surface area contributed by atoms with Gasteiger partial charge in [-0.3, -0.25) is 4.90 Å². The molecule has 2 aromatic carbocycles. The second kappa shape index (κ2) is 8.31. The molecule has 2 heterocycles. The van der Waals surface area contributed by atoms with Gasteiger partial charge in [-0.05, 0) is 34.5 Å². The summed E-state index contributed by atoms with van der Waals surface area (Å²) < 4.78 is 39.4. The monoisotopic (exact) mass is 432 g/mol. The minimum absolute atomic E-state index is 0.229. The van der Waals surface area contributed by atoms with E-state index in [0.717, 1.165) is 6.54 Å². The Balaban J connectivity index is 1.45. The number of thiophene rings is 1. The van der Waals surface area contributed by atoms with Crippen LogP contribution < -0.4 is 9.47 Å². The molecule has 0 aliphatic carbocycles. The van der Waals surface area contributed by atoms with Crippen molar-refractivity contribution in [3.05, 3.63) is 53.4 Å². The molecule has 29 heavy (non-hydrogen) atoms. The topological polar surface area (TPSA) is 59.1 Å². The molecule has 6 nitrogen and oxygen atoms in total. The van der Waals surface area contributed by atoms with Gasteiger partial charge >= 0.3 is 0 Å². The van der Waals surface area contributed by atoms with E-state index in [1.54, 1.807) is 27.8 Å². The molecule has 0 amide bonds. The third-order valence-corrected chi connectivity index (χ3v) is 8.19. The fraction of sp³-hybridized carbons (Fsp3) is 0.333. The Hall–Kier alpha value is -2.13. The zero-order valence-electron chi connectivity index (χ0n) is 16.5. The van der Waals surface area contributed by atoms with Gasteiger partial charge in [0.05, 0.1) is 19.1 Å². The van der Waals surface area contributed by atoms with Crippen LogP contribution in [0.2, 0.25) is 0 Å². The van der Waals surface area contributed by atoms with Gasteiger partial charge in [0.15, 0.2) is 11.5 Å². The molecule has 154 valence electrons. The van der Waals surface area contributed by atoms with Gasteiger partial charge in [-0.15, -0.1) is 11.3 Å². The van der Waals surface area contributed by atoms with Crippen molar-refractivity contribution in [3.63, 3.8) is 0 Å². The van der Waals surface area contributed by atoms with Crippen molar-refractivity contribution < 1.29 is 17.9 Å². The second-order valence-electron chi connectivity index (χ2n) is 6.95. The lowest BCUT2D eigenvalue weighted by Crippen LogP contribution is -2.48. The molecule has 0 N–H and O–H groups in total. The maximum absolute atomic E-state index is 13.1. The van der Waals surface area contributed by atoms with Crippen LogP contribution in [0.15, 0.2) is 52.7 Å². The summed E-state index contributed by atoms with van der Waals surface area (Å²) in [7, 11) is -0.536. The third-order valence-electron chi connectivity index (χ3n) is 5.28. The highest BCUT2D eigenvalue weighted by Crippen LogP contribution is 2.31. The summed E-state index contributed by atoms with van der Waals surface area (Å²) in [6, 6.07) is 13.1. The highest BCUT2D eigenvalue weighted by Gasteiger charge is 2.29. The summed E-state index contributed by atoms with van der Waals surface area (Å²) in [5.74, 6) is 0.927. The molecular formula is C21H24N2O4S2. The standard InChI is InChI=1S/C21H24N2O4S2/c1-26-19-8-7-17(13-20(19)27-2)29(24,25)23-11-9-22(10-12-23)14-16-15-28-21-6-4-3-5-18(16)21/h3-8,13,15H,9-12,14H2,1-2H3. The molecule has 0 radical (unpaired) electrons. The lowest BCUT2D eigenvalue weighted by atomic mass is 10.1. The van der Waals surface area contributed by atoms with Crippen molar-refractivity contribution in [2.45, 2.75) is 11.4 Å². The summed E-state index contributed by atoms with van der Waals surface area (Å²) in [6.07, 6.45) is 0. The molecule has 0 saturated carbocycles. The first-order valence-electron chi connectivity index (χ1n) is 9.42. The molecule has 1 aliphatic heterocycles. The van der Waals surface area contributed by atoms with Crippen molar-refractivity contribution >= 4 is 31.4 Å². The van der Waals surface area contributed by atoms with Crippen LogP contribution in [0, 0.1) is 0 Å².